The van der Waals surface area contributed by atoms with Crippen LogP contribution in [0.1, 0.15) is 12.8 Å². The Bertz CT molecular complexity index is 452. The number of likely N-dealkylation sites (tertiary alicyclic amines) is 1. The molecule has 1 N–H and O–H groups in total. The largest absolute Gasteiger partial charge is 0.490 e. The van der Waals surface area contributed by atoms with Gasteiger partial charge in [0.15, 0.2) is 0 Å². The maximum atomic E-state index is 12.3. The molecule has 2 saturated heterocycles. The molecule has 0 bridgehead atoms. The molecule has 0 aromatic heterocycles. The Morgan fingerprint density at radius 1 is 1.24 bits per heavy atom. The quantitative estimate of drug-likeness (QED) is 0.904. The van der Waals surface area contributed by atoms with Crippen molar-refractivity contribution in [1.29, 1.82) is 0 Å². The Morgan fingerprint density at radius 2 is 2.00 bits per heavy atom. The van der Waals surface area contributed by atoms with Gasteiger partial charge in [-0.2, -0.15) is 0 Å². The van der Waals surface area contributed by atoms with Crippen LogP contribution in [0.15, 0.2) is 30.3 Å². The number of benzene rings is 1. The molecule has 0 spiro atoms. The number of piperidine rings is 1. The van der Waals surface area contributed by atoms with Crippen LogP contribution in [-0.4, -0.2) is 55.8 Å². The number of morpholine rings is 1. The minimum absolute atomic E-state index is 0.111. The van der Waals surface area contributed by atoms with Gasteiger partial charge in [0.2, 0.25) is 0 Å². The molecular weight excluding hydrogens is 268 g/mol. The number of rotatable bonds is 3. The van der Waals surface area contributed by atoms with Gasteiger partial charge in [0, 0.05) is 39.0 Å². The van der Waals surface area contributed by atoms with E-state index in [1.807, 2.05) is 35.2 Å². The van der Waals surface area contributed by atoms with Crippen molar-refractivity contribution in [2.45, 2.75) is 25.0 Å². The number of ether oxygens (including phenoxy) is 2. The molecule has 1 atom stereocenters. The van der Waals surface area contributed by atoms with Gasteiger partial charge in [0.1, 0.15) is 18.0 Å². The van der Waals surface area contributed by atoms with Crippen molar-refractivity contribution in [3.05, 3.63) is 30.3 Å². The van der Waals surface area contributed by atoms with E-state index in [1.165, 1.54) is 0 Å². The summed E-state index contributed by atoms with van der Waals surface area (Å²) in [7, 11) is 0. The first-order valence-electron chi connectivity index (χ1n) is 7.66. The normalized spacial score (nSPS) is 23.8. The van der Waals surface area contributed by atoms with Crippen LogP contribution in [0.3, 0.4) is 0 Å². The van der Waals surface area contributed by atoms with Crippen molar-refractivity contribution in [3.8, 4) is 5.75 Å². The Labute approximate surface area is 125 Å². The summed E-state index contributed by atoms with van der Waals surface area (Å²) in [6, 6.07) is 9.87. The molecule has 2 heterocycles. The first kappa shape index (κ1) is 14.4. The summed E-state index contributed by atoms with van der Waals surface area (Å²) in [6.45, 7) is 3.56. The Balaban J connectivity index is 1.47. The predicted octanol–water partition coefficient (Wildman–Crippen LogP) is 1.04. The first-order valence-corrected chi connectivity index (χ1v) is 7.66. The fourth-order valence-electron chi connectivity index (χ4n) is 2.81. The molecule has 1 aromatic rings. The third-order valence-corrected chi connectivity index (χ3v) is 4.00. The van der Waals surface area contributed by atoms with Gasteiger partial charge in [0.25, 0.3) is 5.91 Å². The van der Waals surface area contributed by atoms with E-state index in [4.69, 9.17) is 9.47 Å². The fourth-order valence-corrected chi connectivity index (χ4v) is 2.81. The summed E-state index contributed by atoms with van der Waals surface area (Å²) < 4.78 is 11.5. The van der Waals surface area contributed by atoms with E-state index in [2.05, 4.69) is 5.32 Å². The zero-order valence-corrected chi connectivity index (χ0v) is 12.2. The van der Waals surface area contributed by atoms with E-state index in [0.717, 1.165) is 38.2 Å². The average Bonchev–Trinajstić information content (AvgIpc) is 2.57. The summed E-state index contributed by atoms with van der Waals surface area (Å²) in [4.78, 5) is 14.2. The third kappa shape index (κ3) is 3.74. The van der Waals surface area contributed by atoms with Crippen molar-refractivity contribution in [3.63, 3.8) is 0 Å². The van der Waals surface area contributed by atoms with Gasteiger partial charge in [-0.25, -0.2) is 0 Å². The van der Waals surface area contributed by atoms with Gasteiger partial charge in [-0.05, 0) is 12.1 Å². The van der Waals surface area contributed by atoms with Gasteiger partial charge < -0.3 is 19.7 Å². The molecular formula is C16H22N2O3. The molecule has 0 radical (unpaired) electrons. The number of carbonyl (C=O) groups is 1. The Kier molecular flexibility index (Phi) is 4.72. The van der Waals surface area contributed by atoms with Gasteiger partial charge in [0.05, 0.1) is 6.61 Å². The number of hydrogen-bond donors (Lipinski definition) is 1. The maximum absolute atomic E-state index is 12.3. The molecule has 1 aromatic carbocycles. The first-order chi connectivity index (χ1) is 10.3. The number of nitrogens with one attached hydrogen (secondary N) is 1. The SMILES string of the molecule is O=C(C1CNCCO1)N1CCC(Oc2ccccc2)CC1. The molecule has 0 aliphatic carbocycles. The number of para-hydroxylation sites is 1. The molecule has 1 amide bonds. The minimum atomic E-state index is -0.314. The van der Waals surface area contributed by atoms with Crippen LogP contribution in [0.4, 0.5) is 0 Å². The molecule has 21 heavy (non-hydrogen) atoms. The molecule has 1 unspecified atom stereocenters. The number of nitrogens with zero attached hydrogens (tertiary/aromatic N) is 1. The van der Waals surface area contributed by atoms with Gasteiger partial charge in [-0.15, -0.1) is 0 Å². The molecule has 5 nitrogen and oxygen atoms in total. The lowest BCUT2D eigenvalue weighted by atomic mass is 10.1. The lowest BCUT2D eigenvalue weighted by Crippen LogP contribution is -2.52. The van der Waals surface area contributed by atoms with E-state index in [9.17, 15) is 4.79 Å². The van der Waals surface area contributed by atoms with Crippen molar-refractivity contribution < 1.29 is 14.3 Å². The van der Waals surface area contributed by atoms with E-state index >= 15 is 0 Å². The van der Waals surface area contributed by atoms with E-state index in [1.54, 1.807) is 0 Å². The number of hydrogen-bond acceptors (Lipinski definition) is 4. The number of carbonyl (C=O) groups excluding carboxylic acids is 1. The average molecular weight is 290 g/mol. The zero-order valence-electron chi connectivity index (χ0n) is 12.2. The third-order valence-electron chi connectivity index (χ3n) is 4.00. The van der Waals surface area contributed by atoms with Crippen molar-refractivity contribution in [2.75, 3.05) is 32.8 Å². The van der Waals surface area contributed by atoms with Crippen LogP contribution in [0.25, 0.3) is 0 Å². The molecule has 5 heteroatoms. The van der Waals surface area contributed by atoms with Gasteiger partial charge >= 0.3 is 0 Å². The van der Waals surface area contributed by atoms with Crippen LogP contribution in [0, 0.1) is 0 Å². The van der Waals surface area contributed by atoms with Gasteiger partial charge in [-0.3, -0.25) is 4.79 Å². The molecule has 3 rings (SSSR count). The standard InChI is InChI=1S/C16H22N2O3/c19-16(15-12-17-8-11-20-15)18-9-6-14(7-10-18)21-13-4-2-1-3-5-13/h1-5,14-15,17H,6-12H2. The fraction of sp³-hybridized carbons (Fsp3) is 0.562. The van der Waals surface area contributed by atoms with Gasteiger partial charge in [-0.1, -0.05) is 18.2 Å². The van der Waals surface area contributed by atoms with Crippen LogP contribution >= 0.6 is 0 Å². The molecule has 2 fully saturated rings. The Hall–Kier alpha value is -1.59. The monoisotopic (exact) mass is 290 g/mol. The maximum Gasteiger partial charge on any atom is 0.253 e. The second-order valence-corrected chi connectivity index (χ2v) is 5.52. The molecule has 114 valence electrons. The summed E-state index contributed by atoms with van der Waals surface area (Å²) in [5.41, 5.74) is 0. The van der Waals surface area contributed by atoms with E-state index in [-0.39, 0.29) is 18.1 Å². The van der Waals surface area contributed by atoms with Crippen LogP contribution in [0.5, 0.6) is 5.75 Å². The summed E-state index contributed by atoms with van der Waals surface area (Å²) in [5.74, 6) is 1.02. The summed E-state index contributed by atoms with van der Waals surface area (Å²) >= 11 is 0. The summed E-state index contributed by atoms with van der Waals surface area (Å²) in [6.07, 6.45) is 1.63. The molecule has 0 saturated carbocycles. The predicted molar refractivity (Wildman–Crippen MR) is 79.3 cm³/mol. The zero-order chi connectivity index (χ0) is 14.5. The smallest absolute Gasteiger partial charge is 0.253 e. The van der Waals surface area contributed by atoms with Crippen LogP contribution in [0.2, 0.25) is 0 Å². The van der Waals surface area contributed by atoms with Crippen LogP contribution < -0.4 is 10.1 Å². The minimum Gasteiger partial charge on any atom is -0.490 e. The lowest BCUT2D eigenvalue weighted by molar-refractivity contribution is -0.147. The van der Waals surface area contributed by atoms with E-state index < -0.39 is 0 Å². The van der Waals surface area contributed by atoms with Crippen molar-refractivity contribution in [1.82, 2.24) is 10.2 Å². The second-order valence-electron chi connectivity index (χ2n) is 5.52. The number of amides is 1. The van der Waals surface area contributed by atoms with Crippen molar-refractivity contribution >= 4 is 5.91 Å². The van der Waals surface area contributed by atoms with E-state index in [0.29, 0.717) is 13.2 Å². The van der Waals surface area contributed by atoms with Crippen LogP contribution in [-0.2, 0) is 9.53 Å². The molecule has 2 aliphatic heterocycles. The topological polar surface area (TPSA) is 50.8 Å². The lowest BCUT2D eigenvalue weighted by Gasteiger charge is -2.35. The summed E-state index contributed by atoms with van der Waals surface area (Å²) in [5, 5.41) is 3.20. The highest BCUT2D eigenvalue weighted by Crippen LogP contribution is 2.19. The Morgan fingerprint density at radius 3 is 2.67 bits per heavy atom. The highest BCUT2D eigenvalue weighted by atomic mass is 16.5. The highest BCUT2D eigenvalue weighted by molar-refractivity contribution is 5.81. The highest BCUT2D eigenvalue weighted by Gasteiger charge is 2.30. The second kappa shape index (κ2) is 6.91. The van der Waals surface area contributed by atoms with Crippen molar-refractivity contribution in [2.24, 2.45) is 0 Å². The molecule has 2 aliphatic rings.